The Morgan fingerprint density at radius 2 is 2.00 bits per heavy atom. The topological polar surface area (TPSA) is 59.5 Å². The molecular weight excluding hydrogens is 276 g/mol. The van der Waals surface area contributed by atoms with Crippen molar-refractivity contribution in [1.82, 2.24) is 4.90 Å². The zero-order chi connectivity index (χ0) is 16.1. The van der Waals surface area contributed by atoms with Gasteiger partial charge in [-0.15, -0.1) is 0 Å². The first-order chi connectivity index (χ1) is 10.4. The van der Waals surface area contributed by atoms with E-state index in [0.29, 0.717) is 18.8 Å². The van der Waals surface area contributed by atoms with Gasteiger partial charge < -0.3 is 15.1 Å². The van der Waals surface area contributed by atoms with Gasteiger partial charge in [-0.05, 0) is 50.3 Å². The number of hydrogen-bond acceptors (Lipinski definition) is 3. The van der Waals surface area contributed by atoms with Gasteiger partial charge in [0.25, 0.3) is 5.91 Å². The predicted octanol–water partition coefficient (Wildman–Crippen LogP) is 3.17. The van der Waals surface area contributed by atoms with E-state index in [2.05, 4.69) is 19.9 Å². The second-order valence-electron chi connectivity index (χ2n) is 6.95. The smallest absolute Gasteiger partial charge is 0.289 e. The molecule has 4 nitrogen and oxygen atoms in total. The maximum atomic E-state index is 12.9. The Morgan fingerprint density at radius 1 is 1.32 bits per heavy atom. The standard InChI is InChI=1S/C18H24N2O2/c1-11-5-6-12(2)15-14(11)13(3)16(22-15)17(21)20-8-7-18(4,9-19)10-20/h5-6H,7-10,19H2,1-4H3. The average molecular weight is 300 g/mol. The second-order valence-corrected chi connectivity index (χ2v) is 6.95. The molecule has 3 rings (SSSR count). The highest BCUT2D eigenvalue weighted by molar-refractivity contribution is 6.00. The van der Waals surface area contributed by atoms with E-state index in [1.54, 1.807) is 0 Å². The van der Waals surface area contributed by atoms with Gasteiger partial charge in [0, 0.05) is 24.0 Å². The molecule has 0 spiro atoms. The van der Waals surface area contributed by atoms with Crippen molar-refractivity contribution < 1.29 is 9.21 Å². The molecule has 0 aliphatic carbocycles. The fourth-order valence-corrected chi connectivity index (χ4v) is 3.39. The third-order valence-electron chi connectivity index (χ3n) is 5.01. The van der Waals surface area contributed by atoms with Crippen LogP contribution in [0.5, 0.6) is 0 Å². The van der Waals surface area contributed by atoms with Crippen molar-refractivity contribution in [2.45, 2.75) is 34.1 Å². The van der Waals surface area contributed by atoms with Crippen molar-refractivity contribution in [3.05, 3.63) is 34.6 Å². The van der Waals surface area contributed by atoms with Gasteiger partial charge in [0.1, 0.15) is 5.58 Å². The number of nitrogens with zero attached hydrogens (tertiary/aromatic N) is 1. The monoisotopic (exact) mass is 300 g/mol. The van der Waals surface area contributed by atoms with Crippen LogP contribution in [-0.2, 0) is 0 Å². The zero-order valence-electron chi connectivity index (χ0n) is 13.8. The quantitative estimate of drug-likeness (QED) is 0.926. The minimum absolute atomic E-state index is 0.00956. The van der Waals surface area contributed by atoms with Gasteiger partial charge in [0.15, 0.2) is 5.76 Å². The van der Waals surface area contributed by atoms with Crippen molar-refractivity contribution in [2.75, 3.05) is 19.6 Å². The average Bonchev–Trinajstić information content (AvgIpc) is 3.05. The normalized spacial score (nSPS) is 21.8. The number of carbonyl (C=O) groups is 1. The largest absolute Gasteiger partial charge is 0.450 e. The number of aryl methyl sites for hydroxylation is 3. The lowest BCUT2D eigenvalue weighted by Gasteiger charge is -2.22. The minimum atomic E-state index is -0.00956. The first-order valence-corrected chi connectivity index (χ1v) is 7.85. The lowest BCUT2D eigenvalue weighted by molar-refractivity contribution is 0.0746. The fraction of sp³-hybridized carbons (Fsp3) is 0.500. The molecule has 2 heterocycles. The predicted molar refractivity (Wildman–Crippen MR) is 88.1 cm³/mol. The third kappa shape index (κ3) is 2.22. The van der Waals surface area contributed by atoms with Crippen molar-refractivity contribution >= 4 is 16.9 Å². The molecule has 1 amide bonds. The number of rotatable bonds is 2. The Bertz CT molecular complexity index is 747. The van der Waals surface area contributed by atoms with Crippen LogP contribution in [0.1, 0.15) is 40.6 Å². The van der Waals surface area contributed by atoms with Crippen LogP contribution >= 0.6 is 0 Å². The number of amides is 1. The molecule has 2 N–H and O–H groups in total. The number of hydrogen-bond donors (Lipinski definition) is 1. The lowest BCUT2D eigenvalue weighted by Crippen LogP contribution is -2.34. The molecule has 4 heteroatoms. The zero-order valence-corrected chi connectivity index (χ0v) is 13.8. The highest BCUT2D eigenvalue weighted by atomic mass is 16.3. The van der Waals surface area contributed by atoms with Crippen LogP contribution in [0.15, 0.2) is 16.5 Å². The van der Waals surface area contributed by atoms with Crippen LogP contribution in [-0.4, -0.2) is 30.4 Å². The first-order valence-electron chi connectivity index (χ1n) is 7.85. The molecule has 22 heavy (non-hydrogen) atoms. The molecule has 0 saturated carbocycles. The molecule has 1 aliphatic rings. The number of benzene rings is 1. The summed E-state index contributed by atoms with van der Waals surface area (Å²) in [4.78, 5) is 14.7. The molecular formula is C18H24N2O2. The SMILES string of the molecule is Cc1ccc(C)c2c(C)c(C(=O)N3CCC(C)(CN)C3)oc12. The van der Waals surface area contributed by atoms with Gasteiger partial charge >= 0.3 is 0 Å². The van der Waals surface area contributed by atoms with Crippen molar-refractivity contribution in [1.29, 1.82) is 0 Å². The van der Waals surface area contributed by atoms with Crippen molar-refractivity contribution in [3.8, 4) is 0 Å². The van der Waals surface area contributed by atoms with E-state index in [1.165, 1.54) is 0 Å². The maximum absolute atomic E-state index is 12.9. The molecule has 1 unspecified atom stereocenters. The summed E-state index contributed by atoms with van der Waals surface area (Å²) >= 11 is 0. The van der Waals surface area contributed by atoms with Crippen LogP contribution in [0.3, 0.4) is 0 Å². The van der Waals surface area contributed by atoms with Gasteiger partial charge in [0.05, 0.1) is 0 Å². The molecule has 1 aromatic heterocycles. The maximum Gasteiger partial charge on any atom is 0.289 e. The Hall–Kier alpha value is -1.81. The number of carbonyl (C=O) groups excluding carboxylic acids is 1. The minimum Gasteiger partial charge on any atom is -0.450 e. The highest BCUT2D eigenvalue weighted by Crippen LogP contribution is 2.34. The van der Waals surface area contributed by atoms with E-state index < -0.39 is 0 Å². The molecule has 0 radical (unpaired) electrons. The van der Waals surface area contributed by atoms with Crippen LogP contribution in [0.25, 0.3) is 11.0 Å². The summed E-state index contributed by atoms with van der Waals surface area (Å²) in [7, 11) is 0. The van der Waals surface area contributed by atoms with Gasteiger partial charge in [-0.25, -0.2) is 0 Å². The van der Waals surface area contributed by atoms with E-state index in [1.807, 2.05) is 24.8 Å². The summed E-state index contributed by atoms with van der Waals surface area (Å²) in [6.45, 7) is 10.2. The molecule has 1 aromatic carbocycles. The molecule has 118 valence electrons. The first kappa shape index (κ1) is 15.1. The van der Waals surface area contributed by atoms with E-state index in [9.17, 15) is 4.79 Å². The van der Waals surface area contributed by atoms with Crippen LogP contribution in [0, 0.1) is 26.2 Å². The Morgan fingerprint density at radius 3 is 2.59 bits per heavy atom. The molecule has 1 fully saturated rings. The summed E-state index contributed by atoms with van der Waals surface area (Å²) in [5, 5.41) is 1.07. The Labute approximate surface area is 131 Å². The number of fused-ring (bicyclic) bond motifs is 1. The van der Waals surface area contributed by atoms with E-state index in [4.69, 9.17) is 10.2 Å². The fourth-order valence-electron chi connectivity index (χ4n) is 3.39. The van der Waals surface area contributed by atoms with Crippen LogP contribution < -0.4 is 5.73 Å². The van der Waals surface area contributed by atoms with E-state index in [-0.39, 0.29) is 11.3 Å². The van der Waals surface area contributed by atoms with Gasteiger partial charge in [-0.1, -0.05) is 19.1 Å². The summed E-state index contributed by atoms with van der Waals surface area (Å²) in [6, 6.07) is 4.12. The van der Waals surface area contributed by atoms with E-state index >= 15 is 0 Å². The molecule has 0 bridgehead atoms. The number of likely N-dealkylation sites (tertiary alicyclic amines) is 1. The Kier molecular flexibility index (Phi) is 3.52. The third-order valence-corrected chi connectivity index (χ3v) is 5.01. The summed E-state index contributed by atoms with van der Waals surface area (Å²) < 4.78 is 5.96. The molecule has 1 saturated heterocycles. The summed E-state index contributed by atoms with van der Waals surface area (Å²) in [5.74, 6) is 0.471. The van der Waals surface area contributed by atoms with Gasteiger partial charge in [-0.2, -0.15) is 0 Å². The molecule has 1 aliphatic heterocycles. The van der Waals surface area contributed by atoms with Crippen LogP contribution in [0.4, 0.5) is 0 Å². The lowest BCUT2D eigenvalue weighted by atomic mass is 9.90. The highest BCUT2D eigenvalue weighted by Gasteiger charge is 2.36. The molecule has 2 aromatic rings. The van der Waals surface area contributed by atoms with Crippen molar-refractivity contribution in [3.63, 3.8) is 0 Å². The van der Waals surface area contributed by atoms with Gasteiger partial charge in [-0.3, -0.25) is 4.79 Å². The molecule has 1 atom stereocenters. The Balaban J connectivity index is 2.01. The summed E-state index contributed by atoms with van der Waals surface area (Å²) in [6.07, 6.45) is 0.951. The van der Waals surface area contributed by atoms with Gasteiger partial charge in [0.2, 0.25) is 0 Å². The van der Waals surface area contributed by atoms with Crippen molar-refractivity contribution in [2.24, 2.45) is 11.1 Å². The number of furan rings is 1. The summed E-state index contributed by atoms with van der Waals surface area (Å²) in [5.41, 5.74) is 9.86. The number of nitrogens with two attached hydrogens (primary N) is 1. The van der Waals surface area contributed by atoms with E-state index in [0.717, 1.165) is 40.6 Å². The second kappa shape index (κ2) is 5.13. The van der Waals surface area contributed by atoms with Crippen LogP contribution in [0.2, 0.25) is 0 Å².